The van der Waals surface area contributed by atoms with Crippen molar-refractivity contribution < 1.29 is 39.8 Å². The second kappa shape index (κ2) is 41.8. The second-order valence-electron chi connectivity index (χ2n) is 21.4. The highest BCUT2D eigenvalue weighted by atomic mass is 16.7. The first kappa shape index (κ1) is 62.8. The SMILES string of the molecule is CCCCCCCCCCCCCCCCCCCCCCCCCC(=O)N[C@@H](CO[C@H]1O[C@H](Cn2cc(Cc3ccccc3)nn2)[C@H](O)[C@H](O)[C@H]1O)[C@H](O)[C@H](O)CCCCCCCCCCCCCC. The molecule has 1 saturated heterocycles. The summed E-state index contributed by atoms with van der Waals surface area (Å²) in [6.45, 7) is 4.28. The molecule has 0 bridgehead atoms. The number of rotatable bonds is 47. The predicted molar refractivity (Wildman–Crippen MR) is 288 cm³/mol. The maximum Gasteiger partial charge on any atom is 0.220 e. The van der Waals surface area contributed by atoms with Crippen LogP contribution in [0.25, 0.3) is 0 Å². The van der Waals surface area contributed by atoms with E-state index in [0.29, 0.717) is 12.8 Å². The number of benzene rings is 1. The summed E-state index contributed by atoms with van der Waals surface area (Å²) in [4.78, 5) is 13.3. The van der Waals surface area contributed by atoms with E-state index in [1.165, 1.54) is 178 Å². The Kier molecular flexibility index (Phi) is 37.0. The van der Waals surface area contributed by atoms with Crippen molar-refractivity contribution in [3.05, 3.63) is 47.8 Å². The van der Waals surface area contributed by atoms with Crippen LogP contribution in [0.15, 0.2) is 36.5 Å². The number of aromatic nitrogens is 3. The summed E-state index contributed by atoms with van der Waals surface area (Å²) in [6, 6.07) is 8.88. The molecular weight excluding hydrogens is 893 g/mol. The number of ether oxygens (including phenoxy) is 2. The minimum absolute atomic E-state index is 0.0344. The van der Waals surface area contributed by atoms with Gasteiger partial charge < -0.3 is 40.3 Å². The minimum atomic E-state index is -1.60. The van der Waals surface area contributed by atoms with Gasteiger partial charge in [-0.3, -0.25) is 4.79 Å². The van der Waals surface area contributed by atoms with Crippen LogP contribution < -0.4 is 5.32 Å². The lowest BCUT2D eigenvalue weighted by Crippen LogP contribution is -2.60. The zero-order chi connectivity index (χ0) is 51.0. The van der Waals surface area contributed by atoms with Crippen molar-refractivity contribution in [1.82, 2.24) is 20.3 Å². The lowest BCUT2D eigenvalue weighted by atomic mass is 9.98. The highest BCUT2D eigenvalue weighted by Gasteiger charge is 2.45. The van der Waals surface area contributed by atoms with Gasteiger partial charge in [-0.2, -0.15) is 0 Å². The number of carbonyl (C=O) groups excluding carboxylic acids is 1. The van der Waals surface area contributed by atoms with E-state index in [-0.39, 0.29) is 25.5 Å². The average molecular weight is 1000 g/mol. The maximum absolute atomic E-state index is 13.3. The Morgan fingerprint density at radius 1 is 0.606 bits per heavy atom. The molecule has 1 aliphatic heterocycles. The van der Waals surface area contributed by atoms with Crippen molar-refractivity contribution in [3.8, 4) is 0 Å². The molecular formula is C59H106N4O8. The van der Waals surface area contributed by atoms with Gasteiger partial charge >= 0.3 is 0 Å². The van der Waals surface area contributed by atoms with Gasteiger partial charge in [-0.25, -0.2) is 4.68 Å². The van der Waals surface area contributed by atoms with Crippen LogP contribution in [0, 0.1) is 0 Å². The molecule has 1 aromatic carbocycles. The molecule has 12 heteroatoms. The van der Waals surface area contributed by atoms with E-state index in [1.807, 2.05) is 30.3 Å². The molecule has 6 N–H and O–H groups in total. The summed E-state index contributed by atoms with van der Waals surface area (Å²) in [6.07, 6.45) is 38.0. The van der Waals surface area contributed by atoms with Crippen molar-refractivity contribution in [2.45, 2.75) is 313 Å². The summed E-state index contributed by atoms with van der Waals surface area (Å²) < 4.78 is 13.5. The van der Waals surface area contributed by atoms with E-state index in [2.05, 4.69) is 29.5 Å². The van der Waals surface area contributed by atoms with Gasteiger partial charge in [0.05, 0.1) is 31.0 Å². The highest BCUT2D eigenvalue weighted by molar-refractivity contribution is 5.76. The zero-order valence-electron chi connectivity index (χ0n) is 45.2. The van der Waals surface area contributed by atoms with Crippen molar-refractivity contribution in [2.75, 3.05) is 6.61 Å². The Morgan fingerprint density at radius 2 is 1.04 bits per heavy atom. The summed E-state index contributed by atoms with van der Waals surface area (Å²) in [7, 11) is 0. The van der Waals surface area contributed by atoms with E-state index in [4.69, 9.17) is 9.47 Å². The molecule has 0 aliphatic carbocycles. The van der Waals surface area contributed by atoms with Crippen molar-refractivity contribution in [1.29, 1.82) is 0 Å². The molecule has 12 nitrogen and oxygen atoms in total. The third-order valence-corrected chi connectivity index (χ3v) is 14.8. The molecule has 410 valence electrons. The Morgan fingerprint density at radius 3 is 1.51 bits per heavy atom. The van der Waals surface area contributed by atoms with Crippen LogP contribution in [-0.2, 0) is 27.2 Å². The molecule has 8 atom stereocenters. The summed E-state index contributed by atoms with van der Waals surface area (Å²) >= 11 is 0. The van der Waals surface area contributed by atoms with Crippen LogP contribution in [0.2, 0.25) is 0 Å². The highest BCUT2D eigenvalue weighted by Crippen LogP contribution is 2.25. The summed E-state index contributed by atoms with van der Waals surface area (Å²) in [5.41, 5.74) is 1.80. The normalized spacial score (nSPS) is 19.5. The Labute approximate surface area is 432 Å². The van der Waals surface area contributed by atoms with Gasteiger partial charge in [-0.15, -0.1) is 5.10 Å². The first-order chi connectivity index (χ1) is 34.7. The minimum Gasteiger partial charge on any atom is -0.390 e. The van der Waals surface area contributed by atoms with Crippen LogP contribution >= 0.6 is 0 Å². The van der Waals surface area contributed by atoms with Gasteiger partial charge in [0.25, 0.3) is 0 Å². The molecule has 1 fully saturated rings. The van der Waals surface area contributed by atoms with E-state index >= 15 is 0 Å². The number of hydrogen-bond donors (Lipinski definition) is 6. The number of nitrogens with zero attached hydrogens (tertiary/aromatic N) is 3. The smallest absolute Gasteiger partial charge is 0.220 e. The molecule has 1 aromatic heterocycles. The van der Waals surface area contributed by atoms with E-state index in [0.717, 1.165) is 62.6 Å². The molecule has 3 rings (SSSR count). The maximum atomic E-state index is 13.3. The number of hydrogen-bond acceptors (Lipinski definition) is 10. The fraction of sp³-hybridized carbons (Fsp3) is 0.847. The molecule has 2 aromatic rings. The average Bonchev–Trinajstić information content (AvgIpc) is 3.82. The third kappa shape index (κ3) is 29.9. The van der Waals surface area contributed by atoms with Crippen molar-refractivity contribution >= 4 is 5.91 Å². The molecule has 0 spiro atoms. The Hall–Kier alpha value is -2.45. The predicted octanol–water partition coefficient (Wildman–Crippen LogP) is 12.4. The fourth-order valence-electron chi connectivity index (χ4n) is 10.1. The second-order valence-corrected chi connectivity index (χ2v) is 21.4. The Balaban J connectivity index is 1.36. The van der Waals surface area contributed by atoms with E-state index < -0.39 is 49.0 Å². The van der Waals surface area contributed by atoms with Gasteiger partial charge in [-0.05, 0) is 18.4 Å². The largest absolute Gasteiger partial charge is 0.390 e. The first-order valence-electron chi connectivity index (χ1n) is 29.6. The Bertz CT molecular complexity index is 1520. The van der Waals surface area contributed by atoms with Crippen molar-refractivity contribution in [2.24, 2.45) is 0 Å². The van der Waals surface area contributed by atoms with E-state index in [9.17, 15) is 30.3 Å². The van der Waals surface area contributed by atoms with Crippen LogP contribution in [0.3, 0.4) is 0 Å². The van der Waals surface area contributed by atoms with Crippen LogP contribution in [-0.4, -0.2) is 102 Å². The summed E-state index contributed by atoms with van der Waals surface area (Å²) in [5, 5.41) is 66.6. The third-order valence-electron chi connectivity index (χ3n) is 14.8. The number of amides is 1. The number of nitrogens with one attached hydrogen (secondary N) is 1. The standard InChI is InChI=1S/C59H106N4O8/c1-3-5-7-9-11-13-15-17-18-19-20-21-22-23-24-25-26-27-29-31-33-35-40-44-54(65)60-51(55(66)52(64)43-39-34-32-30-28-16-14-12-10-8-6-4-2)48-70-59-58(69)57(68)56(67)53(71-59)47-63-46-50(61-62-63)45-49-41-37-36-38-42-49/h36-38,41-42,46,51-53,55-59,64,66-69H,3-35,39-40,43-45,47-48H2,1-2H3,(H,60,65)/t51-,52+,53+,55-,56-,57-,58+,59-/m0/s1. The van der Waals surface area contributed by atoms with Gasteiger partial charge in [0.15, 0.2) is 6.29 Å². The van der Waals surface area contributed by atoms with Gasteiger partial charge in [0.2, 0.25) is 5.91 Å². The molecule has 71 heavy (non-hydrogen) atoms. The van der Waals surface area contributed by atoms with Gasteiger partial charge in [-0.1, -0.05) is 268 Å². The fourth-order valence-corrected chi connectivity index (χ4v) is 10.1. The monoisotopic (exact) mass is 999 g/mol. The van der Waals surface area contributed by atoms with Gasteiger partial charge in [0, 0.05) is 19.0 Å². The molecule has 0 saturated carbocycles. The van der Waals surface area contributed by atoms with Crippen molar-refractivity contribution in [3.63, 3.8) is 0 Å². The number of aliphatic hydroxyl groups is 5. The zero-order valence-corrected chi connectivity index (χ0v) is 45.2. The van der Waals surface area contributed by atoms with Crippen LogP contribution in [0.4, 0.5) is 0 Å². The number of unbranched alkanes of at least 4 members (excludes halogenated alkanes) is 33. The van der Waals surface area contributed by atoms with Crippen LogP contribution in [0.1, 0.15) is 263 Å². The number of aliphatic hydroxyl groups excluding tert-OH is 5. The lowest BCUT2D eigenvalue weighted by molar-refractivity contribution is -0.301. The first-order valence-corrected chi connectivity index (χ1v) is 29.6. The molecule has 1 amide bonds. The molecule has 0 unspecified atom stereocenters. The molecule has 0 radical (unpaired) electrons. The van der Waals surface area contributed by atoms with Crippen LogP contribution in [0.5, 0.6) is 0 Å². The molecule has 1 aliphatic rings. The lowest BCUT2D eigenvalue weighted by Gasteiger charge is -2.40. The topological polar surface area (TPSA) is 179 Å². The quantitative estimate of drug-likeness (QED) is 0.0350. The molecule has 2 heterocycles. The van der Waals surface area contributed by atoms with Gasteiger partial charge in [0.1, 0.15) is 30.5 Å². The summed E-state index contributed by atoms with van der Waals surface area (Å²) in [5.74, 6) is -0.241. The number of carbonyl (C=O) groups is 1. The van der Waals surface area contributed by atoms with E-state index in [1.54, 1.807) is 6.20 Å².